The van der Waals surface area contributed by atoms with Gasteiger partial charge in [-0.25, -0.2) is 9.97 Å². The third-order valence-corrected chi connectivity index (χ3v) is 3.66. The Morgan fingerprint density at radius 3 is 3.05 bits per heavy atom. The van der Waals surface area contributed by atoms with E-state index in [1.165, 1.54) is 12.4 Å². The maximum atomic E-state index is 10.7. The minimum Gasteiger partial charge on any atom is -0.365 e. The largest absolute Gasteiger partial charge is 0.365 e. The van der Waals surface area contributed by atoms with Gasteiger partial charge in [-0.3, -0.25) is 10.1 Å². The second-order valence-electron chi connectivity index (χ2n) is 4.14. The smallest absolute Gasteiger partial charge is 0.269 e. The van der Waals surface area contributed by atoms with E-state index in [4.69, 9.17) is 0 Å². The van der Waals surface area contributed by atoms with Gasteiger partial charge in [-0.15, -0.1) is 11.3 Å². The van der Waals surface area contributed by atoms with Crippen molar-refractivity contribution in [1.29, 1.82) is 0 Å². The van der Waals surface area contributed by atoms with Gasteiger partial charge in [-0.1, -0.05) is 12.1 Å². The lowest BCUT2D eigenvalue weighted by molar-refractivity contribution is -0.384. The highest BCUT2D eigenvalue weighted by Gasteiger charge is 2.07. The van der Waals surface area contributed by atoms with Gasteiger partial charge in [0.15, 0.2) is 0 Å². The molecule has 0 aliphatic carbocycles. The molecule has 6 nitrogen and oxygen atoms in total. The van der Waals surface area contributed by atoms with Crippen LogP contribution < -0.4 is 5.32 Å². The van der Waals surface area contributed by atoms with Crippen LogP contribution in [0.15, 0.2) is 42.0 Å². The van der Waals surface area contributed by atoms with E-state index in [-0.39, 0.29) is 5.69 Å². The van der Waals surface area contributed by atoms with Crippen LogP contribution in [0.5, 0.6) is 0 Å². The third-order valence-electron chi connectivity index (χ3n) is 2.84. The SMILES string of the molecule is O=[N+]([O-])c1cccc(CNc2ncnc3sccc23)c1. The third kappa shape index (κ3) is 2.43. The van der Waals surface area contributed by atoms with E-state index in [1.807, 2.05) is 17.5 Å². The Labute approximate surface area is 118 Å². The van der Waals surface area contributed by atoms with Gasteiger partial charge in [0, 0.05) is 18.7 Å². The molecule has 0 unspecified atom stereocenters. The Bertz CT molecular complexity index is 772. The first-order chi connectivity index (χ1) is 9.74. The minimum absolute atomic E-state index is 0.0904. The molecule has 0 aliphatic rings. The minimum atomic E-state index is -0.398. The van der Waals surface area contributed by atoms with Crippen molar-refractivity contribution in [2.45, 2.75) is 6.54 Å². The normalized spacial score (nSPS) is 10.6. The quantitative estimate of drug-likeness (QED) is 0.588. The summed E-state index contributed by atoms with van der Waals surface area (Å²) < 4.78 is 0. The number of hydrogen-bond donors (Lipinski definition) is 1. The van der Waals surface area contributed by atoms with Gasteiger partial charge in [0.05, 0.1) is 10.3 Å². The standard InChI is InChI=1S/C13H10N4O2S/c18-17(19)10-3-1-2-9(6-10)7-14-12-11-4-5-20-13(11)16-8-15-12/h1-6,8H,7H2,(H,14,15,16). The van der Waals surface area contributed by atoms with Crippen LogP contribution in [0.1, 0.15) is 5.56 Å². The molecule has 3 rings (SSSR count). The van der Waals surface area contributed by atoms with E-state index in [0.717, 1.165) is 21.6 Å². The van der Waals surface area contributed by atoms with Gasteiger partial charge in [0.2, 0.25) is 0 Å². The number of benzene rings is 1. The first-order valence-corrected chi connectivity index (χ1v) is 6.77. The van der Waals surface area contributed by atoms with Crippen molar-refractivity contribution in [2.75, 3.05) is 5.32 Å². The Morgan fingerprint density at radius 1 is 1.30 bits per heavy atom. The zero-order valence-corrected chi connectivity index (χ0v) is 11.1. The molecule has 1 aromatic carbocycles. The molecule has 0 saturated carbocycles. The molecule has 100 valence electrons. The van der Waals surface area contributed by atoms with Crippen molar-refractivity contribution in [3.63, 3.8) is 0 Å². The summed E-state index contributed by atoms with van der Waals surface area (Å²) in [6.07, 6.45) is 1.51. The van der Waals surface area contributed by atoms with Crippen molar-refractivity contribution in [1.82, 2.24) is 9.97 Å². The van der Waals surface area contributed by atoms with Crippen LogP contribution in [0, 0.1) is 10.1 Å². The van der Waals surface area contributed by atoms with Gasteiger partial charge in [0.25, 0.3) is 5.69 Å². The number of thiophene rings is 1. The van der Waals surface area contributed by atoms with Crippen molar-refractivity contribution >= 4 is 33.1 Å². The molecule has 2 aromatic heterocycles. The van der Waals surface area contributed by atoms with Crippen molar-refractivity contribution in [3.05, 3.63) is 57.7 Å². The lowest BCUT2D eigenvalue weighted by atomic mass is 10.2. The number of anilines is 1. The lowest BCUT2D eigenvalue weighted by Crippen LogP contribution is -2.02. The van der Waals surface area contributed by atoms with Crippen LogP contribution in [-0.2, 0) is 6.54 Å². The van der Waals surface area contributed by atoms with Crippen LogP contribution >= 0.6 is 11.3 Å². The number of rotatable bonds is 4. The first-order valence-electron chi connectivity index (χ1n) is 5.89. The fourth-order valence-corrected chi connectivity index (χ4v) is 2.63. The Balaban J connectivity index is 1.81. The highest BCUT2D eigenvalue weighted by atomic mass is 32.1. The number of aromatic nitrogens is 2. The molecule has 7 heteroatoms. The molecule has 0 atom stereocenters. The van der Waals surface area contributed by atoms with Gasteiger partial charge < -0.3 is 5.32 Å². The van der Waals surface area contributed by atoms with E-state index in [1.54, 1.807) is 23.5 Å². The van der Waals surface area contributed by atoms with Gasteiger partial charge in [0.1, 0.15) is 17.0 Å². The van der Waals surface area contributed by atoms with Crippen LogP contribution in [0.25, 0.3) is 10.2 Å². The van der Waals surface area contributed by atoms with E-state index in [0.29, 0.717) is 6.54 Å². The summed E-state index contributed by atoms with van der Waals surface area (Å²) in [7, 11) is 0. The van der Waals surface area contributed by atoms with Gasteiger partial charge in [-0.05, 0) is 17.0 Å². The fourth-order valence-electron chi connectivity index (χ4n) is 1.90. The van der Waals surface area contributed by atoms with Crippen molar-refractivity contribution in [2.24, 2.45) is 0 Å². The van der Waals surface area contributed by atoms with E-state index in [9.17, 15) is 10.1 Å². The molecule has 0 saturated heterocycles. The highest BCUT2D eigenvalue weighted by molar-refractivity contribution is 7.16. The Hall–Kier alpha value is -2.54. The number of non-ortho nitro benzene ring substituents is 1. The molecule has 0 amide bonds. The fraction of sp³-hybridized carbons (Fsp3) is 0.0769. The number of hydrogen-bond acceptors (Lipinski definition) is 6. The predicted octanol–water partition coefficient (Wildman–Crippen LogP) is 3.21. The lowest BCUT2D eigenvalue weighted by Gasteiger charge is -2.06. The van der Waals surface area contributed by atoms with Gasteiger partial charge >= 0.3 is 0 Å². The topological polar surface area (TPSA) is 81.0 Å². The average Bonchev–Trinajstić information content (AvgIpc) is 2.94. The van der Waals surface area contributed by atoms with Crippen molar-refractivity contribution in [3.8, 4) is 0 Å². The van der Waals surface area contributed by atoms with Crippen LogP contribution in [0.2, 0.25) is 0 Å². The Kier molecular flexibility index (Phi) is 3.26. The average molecular weight is 286 g/mol. The van der Waals surface area contributed by atoms with Gasteiger partial charge in [-0.2, -0.15) is 0 Å². The van der Waals surface area contributed by atoms with E-state index < -0.39 is 4.92 Å². The van der Waals surface area contributed by atoms with Crippen LogP contribution in [-0.4, -0.2) is 14.9 Å². The molecule has 20 heavy (non-hydrogen) atoms. The monoisotopic (exact) mass is 286 g/mol. The number of nitro benzene ring substituents is 1. The second kappa shape index (κ2) is 5.22. The molecule has 0 radical (unpaired) electrons. The number of nitrogens with one attached hydrogen (secondary N) is 1. The number of nitrogens with zero attached hydrogens (tertiary/aromatic N) is 3. The molecule has 1 N–H and O–H groups in total. The van der Waals surface area contributed by atoms with Crippen LogP contribution in [0.4, 0.5) is 11.5 Å². The maximum absolute atomic E-state index is 10.7. The second-order valence-corrected chi connectivity index (χ2v) is 5.04. The summed E-state index contributed by atoms with van der Waals surface area (Å²) in [5.41, 5.74) is 0.925. The molecule has 2 heterocycles. The summed E-state index contributed by atoms with van der Waals surface area (Å²) in [6, 6.07) is 8.50. The molecule has 0 spiro atoms. The maximum Gasteiger partial charge on any atom is 0.269 e. The molecular formula is C13H10N4O2S. The summed E-state index contributed by atoms with van der Waals surface area (Å²) in [5, 5.41) is 16.8. The molecule has 3 aromatic rings. The zero-order chi connectivity index (χ0) is 13.9. The summed E-state index contributed by atoms with van der Waals surface area (Å²) in [5.74, 6) is 0.739. The summed E-state index contributed by atoms with van der Waals surface area (Å²) >= 11 is 1.55. The predicted molar refractivity (Wildman–Crippen MR) is 77.8 cm³/mol. The molecule has 0 bridgehead atoms. The molecule has 0 fully saturated rings. The summed E-state index contributed by atoms with van der Waals surface area (Å²) in [6.45, 7) is 0.476. The van der Waals surface area contributed by atoms with Crippen LogP contribution in [0.3, 0.4) is 0 Å². The summed E-state index contributed by atoms with van der Waals surface area (Å²) in [4.78, 5) is 19.6. The molecule has 0 aliphatic heterocycles. The zero-order valence-electron chi connectivity index (χ0n) is 10.3. The van der Waals surface area contributed by atoms with E-state index in [2.05, 4.69) is 15.3 Å². The molecular weight excluding hydrogens is 276 g/mol. The van der Waals surface area contributed by atoms with Crippen molar-refractivity contribution < 1.29 is 4.92 Å². The van der Waals surface area contributed by atoms with E-state index >= 15 is 0 Å². The number of fused-ring (bicyclic) bond motifs is 1. The Morgan fingerprint density at radius 2 is 2.20 bits per heavy atom. The highest BCUT2D eigenvalue weighted by Crippen LogP contribution is 2.24. The first kappa shape index (κ1) is 12.5. The number of nitro groups is 1.